The Morgan fingerprint density at radius 2 is 1.60 bits per heavy atom. The van der Waals surface area contributed by atoms with E-state index in [0.29, 0.717) is 12.8 Å². The third-order valence-electron chi connectivity index (χ3n) is 8.45. The first-order valence-corrected chi connectivity index (χ1v) is 16.1. The van der Waals surface area contributed by atoms with Crippen LogP contribution >= 0.6 is 0 Å². The molecule has 2 fully saturated rings. The number of carbonyl (C=O) groups excluding carboxylic acids is 6. The molecule has 260 valence electrons. The summed E-state index contributed by atoms with van der Waals surface area (Å²) in [5.74, 6) is -4.86. The van der Waals surface area contributed by atoms with E-state index in [9.17, 15) is 37.5 Å². The number of carbonyl (C=O) groups is 6. The molecule has 5 amide bonds. The number of alkyl halides is 2. The van der Waals surface area contributed by atoms with Crippen LogP contribution < -0.4 is 26.6 Å². The minimum Gasteiger partial charge on any atom is -0.354 e. The molecular weight excluding hydrogens is 616 g/mol. The first kappa shape index (κ1) is 37.4. The summed E-state index contributed by atoms with van der Waals surface area (Å²) in [5.41, 5.74) is -0.658. The molecule has 5 N–H and O–H groups in total. The molecule has 2 unspecified atom stereocenters. The number of nitrogens with one attached hydrogen (secondary N) is 5. The highest BCUT2D eigenvalue weighted by Gasteiger charge is 2.38. The Labute approximate surface area is 273 Å². The van der Waals surface area contributed by atoms with E-state index < -0.39 is 71.7 Å². The minimum atomic E-state index is -2.89. The zero-order chi connectivity index (χ0) is 34.9. The summed E-state index contributed by atoms with van der Waals surface area (Å²) in [4.78, 5) is 84.9. The molecule has 0 saturated heterocycles. The summed E-state index contributed by atoms with van der Waals surface area (Å²) >= 11 is 0. The van der Waals surface area contributed by atoms with Crippen LogP contribution in [0.25, 0.3) is 0 Å². The van der Waals surface area contributed by atoms with Crippen molar-refractivity contribution in [3.8, 4) is 0 Å². The number of nitrogens with zero attached hydrogens (tertiary/aromatic N) is 2. The van der Waals surface area contributed by atoms with Crippen LogP contribution in [0, 0.1) is 23.2 Å². The number of rotatable bonds is 16. The van der Waals surface area contributed by atoms with Crippen molar-refractivity contribution in [2.24, 2.45) is 23.2 Å². The van der Waals surface area contributed by atoms with E-state index in [4.69, 9.17) is 0 Å². The molecule has 47 heavy (non-hydrogen) atoms. The molecule has 13 nitrogen and oxygen atoms in total. The lowest BCUT2D eigenvalue weighted by molar-refractivity contribution is -0.140. The largest absolute Gasteiger partial charge is 0.354 e. The maximum absolute atomic E-state index is 13.5. The van der Waals surface area contributed by atoms with E-state index in [1.54, 1.807) is 34.6 Å². The van der Waals surface area contributed by atoms with Crippen molar-refractivity contribution in [2.75, 3.05) is 6.54 Å². The van der Waals surface area contributed by atoms with Crippen LogP contribution in [0.1, 0.15) is 90.1 Å². The van der Waals surface area contributed by atoms with Crippen LogP contribution in [0.5, 0.6) is 0 Å². The number of hydrogen-bond acceptors (Lipinski definition) is 8. The van der Waals surface area contributed by atoms with E-state index in [-0.39, 0.29) is 42.5 Å². The van der Waals surface area contributed by atoms with Gasteiger partial charge in [0.1, 0.15) is 23.8 Å². The van der Waals surface area contributed by atoms with Gasteiger partial charge in [0.2, 0.25) is 29.9 Å². The molecule has 5 atom stereocenters. The minimum absolute atomic E-state index is 0.0473. The van der Waals surface area contributed by atoms with Crippen LogP contribution in [0.3, 0.4) is 0 Å². The fourth-order valence-electron chi connectivity index (χ4n) is 5.60. The van der Waals surface area contributed by atoms with Crippen LogP contribution in [0.15, 0.2) is 18.6 Å². The zero-order valence-corrected chi connectivity index (χ0v) is 27.6. The van der Waals surface area contributed by atoms with Gasteiger partial charge in [-0.25, -0.2) is 13.8 Å². The van der Waals surface area contributed by atoms with Gasteiger partial charge in [-0.2, -0.15) is 0 Å². The molecule has 0 spiro atoms. The van der Waals surface area contributed by atoms with Crippen molar-refractivity contribution in [3.05, 3.63) is 24.3 Å². The summed E-state index contributed by atoms with van der Waals surface area (Å²) < 4.78 is 26.4. The second-order valence-electron chi connectivity index (χ2n) is 13.9. The highest BCUT2D eigenvalue weighted by molar-refractivity contribution is 6.38. The van der Waals surface area contributed by atoms with Crippen LogP contribution in [-0.4, -0.2) is 82.4 Å². The van der Waals surface area contributed by atoms with Gasteiger partial charge in [-0.05, 0) is 48.9 Å². The predicted octanol–water partition coefficient (Wildman–Crippen LogP) is 1.67. The molecule has 2 saturated carbocycles. The Bertz CT molecular complexity index is 1290. The Morgan fingerprint density at radius 3 is 2.17 bits per heavy atom. The van der Waals surface area contributed by atoms with Crippen molar-refractivity contribution in [3.63, 3.8) is 0 Å². The van der Waals surface area contributed by atoms with Crippen molar-refractivity contribution >= 4 is 35.3 Å². The van der Waals surface area contributed by atoms with Gasteiger partial charge in [0, 0.05) is 37.8 Å². The molecule has 2 aliphatic carbocycles. The topological polar surface area (TPSA) is 188 Å². The number of ketones is 1. The molecule has 0 bridgehead atoms. The van der Waals surface area contributed by atoms with Crippen LogP contribution in [-0.2, 0) is 24.0 Å². The van der Waals surface area contributed by atoms with E-state index in [0.717, 1.165) is 19.3 Å². The SMILES string of the molecule is CC(C)[C@@H](NC(=O)c1cnccn1)C(=O)NC(C(=O)NC[C@@H]1CCC[C@@H]1CC(=O)NC(CC(F)F)C(=O)C(=O)NC1CC1)C(C)(C)C. The maximum Gasteiger partial charge on any atom is 0.289 e. The summed E-state index contributed by atoms with van der Waals surface area (Å²) in [6, 6.07) is -3.68. The van der Waals surface area contributed by atoms with Crippen LogP contribution in [0.4, 0.5) is 8.78 Å². The number of hydrogen-bond donors (Lipinski definition) is 5. The number of amides is 5. The van der Waals surface area contributed by atoms with Gasteiger partial charge in [-0.15, -0.1) is 0 Å². The van der Waals surface area contributed by atoms with E-state index in [2.05, 4.69) is 36.6 Å². The first-order chi connectivity index (χ1) is 22.1. The summed E-state index contributed by atoms with van der Waals surface area (Å²) in [7, 11) is 0. The number of Topliss-reactive ketones (excluding diaryl/α,β-unsaturated/α-hetero) is 1. The quantitative estimate of drug-likeness (QED) is 0.165. The van der Waals surface area contributed by atoms with Gasteiger partial charge < -0.3 is 26.6 Å². The summed E-state index contributed by atoms with van der Waals surface area (Å²) in [6.45, 7) is 9.12. The lowest BCUT2D eigenvalue weighted by Gasteiger charge is -2.33. The van der Waals surface area contributed by atoms with Crippen molar-refractivity contribution in [1.82, 2.24) is 36.6 Å². The standard InChI is InChI=1S/C32H47F2N7O6/c1-17(2)25(40-28(44)22-16-35-11-12-36-22)29(45)41-27(32(3,4)5)31(47)37-15-19-8-6-7-18(19)13-24(42)39-21(14-23(33)34)26(43)30(46)38-20-9-10-20/h11-12,16-21,23,25,27H,6-10,13-15H2,1-5H3,(H,37,47)(H,38,46)(H,39,42)(H,40,44)(H,41,45)/t18-,19+,21?,25-,27?/m1/s1. The average Bonchev–Trinajstić information content (AvgIpc) is 3.71. The summed E-state index contributed by atoms with van der Waals surface area (Å²) in [6.07, 6.45) is 3.73. The van der Waals surface area contributed by atoms with Gasteiger partial charge in [-0.1, -0.05) is 41.0 Å². The van der Waals surface area contributed by atoms with Crippen molar-refractivity contribution < 1.29 is 37.5 Å². The molecule has 0 aliphatic heterocycles. The molecule has 1 heterocycles. The van der Waals surface area contributed by atoms with Crippen molar-refractivity contribution in [2.45, 2.75) is 110 Å². The van der Waals surface area contributed by atoms with Gasteiger partial charge in [-0.3, -0.25) is 33.8 Å². The molecule has 0 radical (unpaired) electrons. The fraction of sp³-hybridized carbons (Fsp3) is 0.688. The van der Waals surface area contributed by atoms with Crippen molar-refractivity contribution in [1.29, 1.82) is 0 Å². The number of aromatic nitrogens is 2. The Kier molecular flexibility index (Phi) is 13.3. The molecular formula is C32H47F2N7O6. The Balaban J connectivity index is 1.58. The van der Waals surface area contributed by atoms with Gasteiger partial charge in [0.05, 0.1) is 6.20 Å². The van der Waals surface area contributed by atoms with Gasteiger partial charge in [0.15, 0.2) is 0 Å². The molecule has 2 aliphatic rings. The second-order valence-corrected chi connectivity index (χ2v) is 13.9. The lowest BCUT2D eigenvalue weighted by atomic mass is 9.85. The second kappa shape index (κ2) is 16.7. The average molecular weight is 664 g/mol. The smallest absolute Gasteiger partial charge is 0.289 e. The monoisotopic (exact) mass is 663 g/mol. The highest BCUT2D eigenvalue weighted by atomic mass is 19.3. The molecule has 1 aromatic heterocycles. The number of halogens is 2. The lowest BCUT2D eigenvalue weighted by Crippen LogP contribution is -2.59. The summed E-state index contributed by atoms with van der Waals surface area (Å²) in [5, 5.41) is 13.2. The fourth-order valence-corrected chi connectivity index (χ4v) is 5.60. The maximum atomic E-state index is 13.5. The van der Waals surface area contributed by atoms with E-state index >= 15 is 0 Å². The molecule has 3 rings (SSSR count). The zero-order valence-electron chi connectivity index (χ0n) is 27.6. The highest BCUT2D eigenvalue weighted by Crippen LogP contribution is 2.34. The van der Waals surface area contributed by atoms with E-state index in [1.807, 2.05) is 0 Å². The third kappa shape index (κ3) is 11.6. The molecule has 0 aromatic carbocycles. The van der Waals surface area contributed by atoms with Crippen LogP contribution in [0.2, 0.25) is 0 Å². The van der Waals surface area contributed by atoms with E-state index in [1.165, 1.54) is 18.6 Å². The Hall–Kier alpha value is -4.04. The normalized spacial score (nSPS) is 19.8. The van der Waals surface area contributed by atoms with Gasteiger partial charge in [0.25, 0.3) is 11.8 Å². The first-order valence-electron chi connectivity index (χ1n) is 16.1. The Morgan fingerprint density at radius 1 is 0.915 bits per heavy atom. The molecule has 1 aromatic rings. The molecule has 15 heteroatoms. The third-order valence-corrected chi connectivity index (χ3v) is 8.45. The predicted molar refractivity (Wildman–Crippen MR) is 167 cm³/mol. The van der Waals surface area contributed by atoms with Gasteiger partial charge >= 0.3 is 0 Å².